The molecule has 2 heterocycles. The third-order valence-corrected chi connectivity index (χ3v) is 4.52. The summed E-state index contributed by atoms with van der Waals surface area (Å²) >= 11 is 2.61. The number of fused-ring (bicyclic) bond motifs is 1. The first-order valence-electron chi connectivity index (χ1n) is 5.60. The number of aromatic nitrogens is 2. The molecule has 0 saturated heterocycles. The van der Waals surface area contributed by atoms with Crippen molar-refractivity contribution >= 4 is 45.2 Å². The third kappa shape index (κ3) is 2.35. The second-order valence-electron chi connectivity index (χ2n) is 3.90. The molecule has 0 radical (unpaired) electrons. The Morgan fingerprint density at radius 3 is 2.90 bits per heavy atom. The molecule has 20 heavy (non-hydrogen) atoms. The molecule has 3 aromatic rings. The predicted molar refractivity (Wildman–Crippen MR) is 77.1 cm³/mol. The number of carboxylic acid groups (broad SMARTS) is 1. The Balaban J connectivity index is 1.94. The molecule has 0 aliphatic carbocycles. The molecular weight excluding hydrogens is 298 g/mol. The van der Waals surface area contributed by atoms with Crippen LogP contribution < -0.4 is 5.73 Å². The van der Waals surface area contributed by atoms with Crippen molar-refractivity contribution in [2.45, 2.75) is 10.1 Å². The van der Waals surface area contributed by atoms with E-state index in [1.54, 1.807) is 24.3 Å². The number of anilines is 1. The van der Waals surface area contributed by atoms with Gasteiger partial charge >= 0.3 is 5.97 Å². The van der Waals surface area contributed by atoms with E-state index in [0.29, 0.717) is 32.0 Å². The number of hydrogen-bond acceptors (Lipinski definition) is 7. The van der Waals surface area contributed by atoms with Crippen LogP contribution in [-0.4, -0.2) is 21.3 Å². The molecule has 0 unspecified atom stereocenters. The van der Waals surface area contributed by atoms with Gasteiger partial charge in [-0.2, -0.15) is 0 Å². The van der Waals surface area contributed by atoms with Gasteiger partial charge in [0.25, 0.3) is 0 Å². The maximum absolute atomic E-state index is 11.4. The summed E-state index contributed by atoms with van der Waals surface area (Å²) in [5.74, 6) is -0.218. The van der Waals surface area contributed by atoms with Gasteiger partial charge in [-0.25, -0.2) is 4.79 Å². The maximum Gasteiger partial charge on any atom is 0.339 e. The number of thioether (sulfide) groups is 1. The van der Waals surface area contributed by atoms with Gasteiger partial charge in [0.05, 0.1) is 5.75 Å². The number of benzene rings is 1. The molecule has 3 N–H and O–H groups in total. The van der Waals surface area contributed by atoms with Gasteiger partial charge in [0.2, 0.25) is 5.13 Å². The first-order valence-corrected chi connectivity index (χ1v) is 7.41. The molecule has 0 saturated carbocycles. The lowest BCUT2D eigenvalue weighted by molar-refractivity contribution is 0.0697. The number of nitrogen functional groups attached to an aromatic ring is 1. The average molecular weight is 307 g/mol. The highest BCUT2D eigenvalue weighted by Gasteiger charge is 2.20. The predicted octanol–water partition coefficient (Wildman–Crippen LogP) is 2.86. The van der Waals surface area contributed by atoms with Crippen molar-refractivity contribution in [1.29, 1.82) is 0 Å². The van der Waals surface area contributed by atoms with Crippen molar-refractivity contribution < 1.29 is 14.3 Å². The highest BCUT2D eigenvalue weighted by Crippen LogP contribution is 2.32. The molecule has 6 nitrogen and oxygen atoms in total. The minimum absolute atomic E-state index is 0.200. The quantitative estimate of drug-likeness (QED) is 0.714. The highest BCUT2D eigenvalue weighted by molar-refractivity contribution is 8.00. The Morgan fingerprint density at radius 1 is 1.40 bits per heavy atom. The molecule has 0 spiro atoms. The molecule has 3 rings (SSSR count). The van der Waals surface area contributed by atoms with Crippen LogP contribution in [0.15, 0.2) is 33.0 Å². The first kappa shape index (κ1) is 12.9. The van der Waals surface area contributed by atoms with Gasteiger partial charge < -0.3 is 15.3 Å². The third-order valence-electron chi connectivity index (χ3n) is 2.63. The SMILES string of the molecule is Nc1nnc(SCc2oc3ccccc3c2C(=O)O)s1. The largest absolute Gasteiger partial charge is 0.478 e. The second kappa shape index (κ2) is 5.14. The van der Waals surface area contributed by atoms with Crippen LogP contribution in [0.3, 0.4) is 0 Å². The van der Waals surface area contributed by atoms with Gasteiger partial charge in [-0.3, -0.25) is 0 Å². The van der Waals surface area contributed by atoms with Gasteiger partial charge in [-0.15, -0.1) is 10.2 Å². The van der Waals surface area contributed by atoms with E-state index in [9.17, 15) is 9.90 Å². The van der Waals surface area contributed by atoms with Crippen molar-refractivity contribution in [1.82, 2.24) is 10.2 Å². The lowest BCUT2D eigenvalue weighted by Crippen LogP contribution is -1.98. The minimum Gasteiger partial charge on any atom is -0.478 e. The van der Waals surface area contributed by atoms with E-state index in [4.69, 9.17) is 10.2 Å². The van der Waals surface area contributed by atoms with Crippen LogP contribution in [0.1, 0.15) is 16.1 Å². The summed E-state index contributed by atoms with van der Waals surface area (Å²) in [5, 5.41) is 17.9. The number of carbonyl (C=O) groups is 1. The summed E-state index contributed by atoms with van der Waals surface area (Å²) in [6.07, 6.45) is 0. The molecule has 0 bridgehead atoms. The van der Waals surface area contributed by atoms with Crippen molar-refractivity contribution in [3.05, 3.63) is 35.6 Å². The van der Waals surface area contributed by atoms with Crippen LogP contribution >= 0.6 is 23.1 Å². The average Bonchev–Trinajstić information content (AvgIpc) is 2.99. The van der Waals surface area contributed by atoms with E-state index in [2.05, 4.69) is 10.2 Å². The maximum atomic E-state index is 11.4. The van der Waals surface area contributed by atoms with Crippen molar-refractivity contribution in [2.24, 2.45) is 0 Å². The van der Waals surface area contributed by atoms with Gasteiger partial charge in [0.15, 0.2) is 4.34 Å². The van der Waals surface area contributed by atoms with Gasteiger partial charge in [0, 0.05) is 5.39 Å². The normalized spacial score (nSPS) is 11.0. The summed E-state index contributed by atoms with van der Waals surface area (Å²) in [6, 6.07) is 7.07. The number of nitrogens with two attached hydrogens (primary N) is 1. The molecule has 0 aliphatic rings. The standard InChI is InChI=1S/C12H9N3O3S2/c13-11-14-15-12(20-11)19-5-8-9(10(16)17)6-3-1-2-4-7(6)18-8/h1-4H,5H2,(H2,13,14)(H,16,17). The Bertz CT molecular complexity index is 781. The Labute approximate surface area is 121 Å². The number of nitrogens with zero attached hydrogens (tertiary/aromatic N) is 2. The number of furan rings is 1. The summed E-state index contributed by atoms with van der Waals surface area (Å²) in [5.41, 5.74) is 6.27. The van der Waals surface area contributed by atoms with Crippen molar-refractivity contribution in [2.75, 3.05) is 5.73 Å². The molecule has 0 atom stereocenters. The highest BCUT2D eigenvalue weighted by atomic mass is 32.2. The summed E-state index contributed by atoms with van der Waals surface area (Å²) in [6.45, 7) is 0. The number of carboxylic acids is 1. The Morgan fingerprint density at radius 2 is 2.20 bits per heavy atom. The fourth-order valence-electron chi connectivity index (χ4n) is 1.84. The van der Waals surface area contributed by atoms with Crippen LogP contribution in [0.4, 0.5) is 5.13 Å². The Kier molecular flexibility index (Phi) is 3.33. The molecule has 2 aromatic heterocycles. The van der Waals surface area contributed by atoms with E-state index in [-0.39, 0.29) is 5.56 Å². The first-order chi connectivity index (χ1) is 9.65. The zero-order valence-electron chi connectivity index (χ0n) is 10.1. The molecule has 1 aromatic carbocycles. The molecule has 0 amide bonds. The van der Waals surface area contributed by atoms with Crippen LogP contribution in [0.2, 0.25) is 0 Å². The molecule has 0 aliphatic heterocycles. The number of rotatable bonds is 4. The van der Waals surface area contributed by atoms with Crippen LogP contribution in [0.5, 0.6) is 0 Å². The Hall–Kier alpha value is -2.06. The monoisotopic (exact) mass is 307 g/mol. The smallest absolute Gasteiger partial charge is 0.339 e. The number of para-hydroxylation sites is 1. The van der Waals surface area contributed by atoms with Crippen LogP contribution in [0, 0.1) is 0 Å². The molecule has 102 valence electrons. The van der Waals surface area contributed by atoms with E-state index in [1.807, 2.05) is 0 Å². The van der Waals surface area contributed by atoms with Crippen molar-refractivity contribution in [3.8, 4) is 0 Å². The van der Waals surface area contributed by atoms with Gasteiger partial charge in [-0.1, -0.05) is 41.3 Å². The number of hydrogen-bond donors (Lipinski definition) is 2. The molecule has 0 fully saturated rings. The fourth-order valence-corrected chi connectivity index (χ4v) is 3.41. The zero-order valence-corrected chi connectivity index (χ0v) is 11.7. The van der Waals surface area contributed by atoms with Gasteiger partial charge in [-0.05, 0) is 6.07 Å². The van der Waals surface area contributed by atoms with Crippen LogP contribution in [0.25, 0.3) is 11.0 Å². The lowest BCUT2D eigenvalue weighted by atomic mass is 10.1. The van der Waals surface area contributed by atoms with Gasteiger partial charge in [0.1, 0.15) is 16.9 Å². The van der Waals surface area contributed by atoms with E-state index in [1.165, 1.54) is 23.1 Å². The minimum atomic E-state index is -0.998. The fraction of sp³-hybridized carbons (Fsp3) is 0.0833. The summed E-state index contributed by atoms with van der Waals surface area (Å²) in [4.78, 5) is 11.4. The topological polar surface area (TPSA) is 102 Å². The lowest BCUT2D eigenvalue weighted by Gasteiger charge is -1.96. The van der Waals surface area contributed by atoms with E-state index < -0.39 is 5.97 Å². The van der Waals surface area contributed by atoms with Crippen molar-refractivity contribution in [3.63, 3.8) is 0 Å². The molecule has 8 heteroatoms. The number of aromatic carboxylic acids is 1. The summed E-state index contributed by atoms with van der Waals surface area (Å²) in [7, 11) is 0. The second-order valence-corrected chi connectivity index (χ2v) is 6.13. The van der Waals surface area contributed by atoms with E-state index in [0.717, 1.165) is 0 Å². The zero-order chi connectivity index (χ0) is 14.1. The van der Waals surface area contributed by atoms with Crippen LogP contribution in [-0.2, 0) is 5.75 Å². The summed E-state index contributed by atoms with van der Waals surface area (Å²) < 4.78 is 6.29. The molecular formula is C12H9N3O3S2. The van der Waals surface area contributed by atoms with E-state index >= 15 is 0 Å².